The fourth-order valence-electron chi connectivity index (χ4n) is 0. The van der Waals surface area contributed by atoms with Gasteiger partial charge in [0.2, 0.25) is 0 Å². The molecule has 0 aromatic carbocycles. The number of carboxylic acids is 2. The summed E-state index contributed by atoms with van der Waals surface area (Å²) in [6.07, 6.45) is 0. The van der Waals surface area contributed by atoms with Gasteiger partial charge in [0.1, 0.15) is 0 Å². The quantitative estimate of drug-likeness (QED) is 0.350. The van der Waals surface area contributed by atoms with Crippen molar-refractivity contribution < 1.29 is 50.8 Å². The number of rotatable bonds is 0. The number of carboxylic acid groups (broad SMARTS) is 2. The van der Waals surface area contributed by atoms with Gasteiger partial charge in [0.25, 0.3) is 0 Å². The van der Waals surface area contributed by atoms with Gasteiger partial charge in [-0.3, -0.25) is 0 Å². The summed E-state index contributed by atoms with van der Waals surface area (Å²) in [7, 11) is 0. The standard InChI is InChI=1S/2C2H4O2.Ca.Na.H/c2*1-2(3)4;;;/h2*1H3,(H,3,4);;;/q;;+2;+1;-1/p-2. The molecule has 0 heterocycles. The molecular formula is C4H7CaNaO4. The Morgan fingerprint density at radius 2 is 1.10 bits per heavy atom. The molecule has 50 valence electrons. The molecule has 0 rings (SSSR count). The van der Waals surface area contributed by atoms with Gasteiger partial charge in [-0.1, -0.05) is 0 Å². The van der Waals surface area contributed by atoms with E-state index in [2.05, 4.69) is 0 Å². The smallest absolute Gasteiger partial charge is 1.00 e. The molecule has 0 saturated carbocycles. The van der Waals surface area contributed by atoms with Crippen LogP contribution in [0.25, 0.3) is 0 Å². The van der Waals surface area contributed by atoms with Gasteiger partial charge in [0.15, 0.2) is 0 Å². The normalized spacial score (nSPS) is 5.00. The minimum atomic E-state index is -1.08. The topological polar surface area (TPSA) is 80.3 Å². The van der Waals surface area contributed by atoms with E-state index < -0.39 is 11.9 Å². The van der Waals surface area contributed by atoms with Crippen LogP contribution < -0.4 is 39.8 Å². The summed E-state index contributed by atoms with van der Waals surface area (Å²) in [6, 6.07) is 0. The van der Waals surface area contributed by atoms with Crippen molar-refractivity contribution in [2.45, 2.75) is 13.8 Å². The molecule has 0 saturated heterocycles. The molecule has 0 spiro atoms. The average Bonchev–Trinajstić information content (AvgIpc) is 1.25. The Balaban J connectivity index is -0.0000000171. The van der Waals surface area contributed by atoms with Gasteiger partial charge in [0, 0.05) is 11.9 Å². The summed E-state index contributed by atoms with van der Waals surface area (Å²) in [4.78, 5) is 17.8. The minimum absolute atomic E-state index is 0. The van der Waals surface area contributed by atoms with Crippen LogP contribution in [0, 0.1) is 0 Å². The van der Waals surface area contributed by atoms with E-state index in [9.17, 15) is 0 Å². The van der Waals surface area contributed by atoms with Crippen LogP contribution in [0.15, 0.2) is 0 Å². The van der Waals surface area contributed by atoms with Crippen LogP contribution in [0.5, 0.6) is 0 Å². The minimum Gasteiger partial charge on any atom is -1.00 e. The van der Waals surface area contributed by atoms with Crippen molar-refractivity contribution in [1.82, 2.24) is 0 Å². The van der Waals surface area contributed by atoms with Crippen molar-refractivity contribution in [2.75, 3.05) is 0 Å². The van der Waals surface area contributed by atoms with E-state index in [1.807, 2.05) is 0 Å². The molecule has 0 N–H and O–H groups in total. The predicted octanol–water partition coefficient (Wildman–Crippen LogP) is -5.75. The van der Waals surface area contributed by atoms with Crippen LogP contribution >= 0.6 is 0 Å². The van der Waals surface area contributed by atoms with Gasteiger partial charge >= 0.3 is 67.3 Å². The van der Waals surface area contributed by atoms with Crippen LogP contribution in [0.3, 0.4) is 0 Å². The van der Waals surface area contributed by atoms with E-state index in [4.69, 9.17) is 19.8 Å². The zero-order valence-electron chi connectivity index (χ0n) is 7.34. The number of carbonyl (C=O) groups excluding carboxylic acids is 2. The maximum atomic E-state index is 8.89. The summed E-state index contributed by atoms with van der Waals surface area (Å²) in [6.45, 7) is 1.94. The number of hydrogen-bond donors (Lipinski definition) is 0. The summed E-state index contributed by atoms with van der Waals surface area (Å²) in [5, 5.41) is 17.8. The van der Waals surface area contributed by atoms with Crippen molar-refractivity contribution in [3.8, 4) is 0 Å². The summed E-state index contributed by atoms with van der Waals surface area (Å²) in [5.41, 5.74) is 0. The molecule has 0 aromatic rings. The van der Waals surface area contributed by atoms with Crippen LogP contribution in [0.1, 0.15) is 15.3 Å². The van der Waals surface area contributed by atoms with Crippen LogP contribution in [-0.4, -0.2) is 49.7 Å². The molecule has 0 amide bonds. The van der Waals surface area contributed by atoms with E-state index in [0.29, 0.717) is 0 Å². The summed E-state index contributed by atoms with van der Waals surface area (Å²) >= 11 is 0. The van der Waals surface area contributed by atoms with E-state index in [-0.39, 0.29) is 68.7 Å². The van der Waals surface area contributed by atoms with Gasteiger partial charge in [-0.25, -0.2) is 0 Å². The SMILES string of the molecule is CC(=O)[O-].CC(=O)[O-].[Ca+2].[H-].[Na+]. The second kappa shape index (κ2) is 16.7. The molecule has 0 aliphatic heterocycles. The monoisotopic (exact) mass is 182 g/mol. The Bertz CT molecular complexity index is 80.1. The number of hydrogen-bond acceptors (Lipinski definition) is 4. The molecule has 0 fully saturated rings. The molecule has 0 aromatic heterocycles. The van der Waals surface area contributed by atoms with Crippen LogP contribution in [0.2, 0.25) is 0 Å². The largest absolute Gasteiger partial charge is 2.00 e. The first kappa shape index (κ1) is 22.5. The second-order valence-corrected chi connectivity index (χ2v) is 0.983. The molecule has 0 atom stereocenters. The third-order valence-electron chi connectivity index (χ3n) is 0. The first-order valence-electron chi connectivity index (χ1n) is 1.82. The van der Waals surface area contributed by atoms with Crippen molar-refractivity contribution in [1.29, 1.82) is 0 Å². The molecule has 10 heavy (non-hydrogen) atoms. The molecule has 6 heteroatoms. The number of aliphatic carboxylic acids is 2. The molecule has 0 aliphatic rings. The fraction of sp³-hybridized carbons (Fsp3) is 0.500. The molecule has 4 nitrogen and oxygen atoms in total. The molecular weight excluding hydrogens is 175 g/mol. The Hall–Kier alpha value is 1.20. The van der Waals surface area contributed by atoms with Crippen LogP contribution in [0.4, 0.5) is 0 Å². The summed E-state index contributed by atoms with van der Waals surface area (Å²) < 4.78 is 0. The van der Waals surface area contributed by atoms with Gasteiger partial charge in [-0.05, 0) is 13.8 Å². The second-order valence-electron chi connectivity index (χ2n) is 0.983. The van der Waals surface area contributed by atoms with E-state index in [1.165, 1.54) is 0 Å². The Labute approximate surface area is 113 Å². The van der Waals surface area contributed by atoms with E-state index in [0.717, 1.165) is 13.8 Å². The van der Waals surface area contributed by atoms with E-state index in [1.54, 1.807) is 0 Å². The van der Waals surface area contributed by atoms with Gasteiger partial charge in [-0.2, -0.15) is 0 Å². The zero-order chi connectivity index (χ0) is 7.15. The van der Waals surface area contributed by atoms with Crippen molar-refractivity contribution in [2.24, 2.45) is 0 Å². The molecule has 0 aliphatic carbocycles. The van der Waals surface area contributed by atoms with Gasteiger partial charge in [-0.15, -0.1) is 0 Å². The van der Waals surface area contributed by atoms with Crippen molar-refractivity contribution in [3.63, 3.8) is 0 Å². The summed E-state index contributed by atoms with van der Waals surface area (Å²) in [5.74, 6) is -2.17. The molecule has 0 unspecified atom stereocenters. The Morgan fingerprint density at radius 1 is 1.10 bits per heavy atom. The Kier molecular flexibility index (Phi) is 37.4. The Morgan fingerprint density at radius 3 is 1.10 bits per heavy atom. The zero-order valence-corrected chi connectivity index (χ0v) is 10.5. The third-order valence-corrected chi connectivity index (χ3v) is 0. The number of carbonyl (C=O) groups is 2. The molecule has 0 bridgehead atoms. The molecule has 0 radical (unpaired) electrons. The van der Waals surface area contributed by atoms with E-state index >= 15 is 0 Å². The van der Waals surface area contributed by atoms with Crippen molar-refractivity contribution in [3.05, 3.63) is 0 Å². The first-order valence-corrected chi connectivity index (χ1v) is 1.82. The predicted molar refractivity (Wildman–Crippen MR) is 28.2 cm³/mol. The van der Waals surface area contributed by atoms with Crippen molar-refractivity contribution >= 4 is 49.7 Å². The van der Waals surface area contributed by atoms with Gasteiger partial charge < -0.3 is 21.2 Å². The maximum absolute atomic E-state index is 8.89. The maximum Gasteiger partial charge on any atom is 2.00 e. The average molecular weight is 182 g/mol. The van der Waals surface area contributed by atoms with Crippen LogP contribution in [-0.2, 0) is 9.59 Å². The third kappa shape index (κ3) is 430. The van der Waals surface area contributed by atoms with Gasteiger partial charge in [0.05, 0.1) is 0 Å². The fourth-order valence-corrected chi connectivity index (χ4v) is 0. The first-order chi connectivity index (χ1) is 3.46.